The second-order valence-electron chi connectivity index (χ2n) is 3.76. The van der Waals surface area contributed by atoms with Gasteiger partial charge in [0.1, 0.15) is 12.1 Å². The third-order valence-electron chi connectivity index (χ3n) is 2.26. The van der Waals surface area contributed by atoms with Crippen molar-refractivity contribution < 1.29 is 13.9 Å². The summed E-state index contributed by atoms with van der Waals surface area (Å²) in [5, 5.41) is 15.1. The quantitative estimate of drug-likeness (QED) is 0.842. The first kappa shape index (κ1) is 11.7. The first-order valence-electron chi connectivity index (χ1n) is 5.05. The molecule has 17 heavy (non-hydrogen) atoms. The maximum atomic E-state index is 12.9. The summed E-state index contributed by atoms with van der Waals surface area (Å²) in [5.74, 6) is -2.84. The van der Waals surface area contributed by atoms with Gasteiger partial charge in [-0.1, -0.05) is 0 Å². The predicted molar refractivity (Wildman–Crippen MR) is 58.2 cm³/mol. The molecular weight excluding hydrogens is 230 g/mol. The highest BCUT2D eigenvalue weighted by Crippen LogP contribution is 2.17. The molecule has 0 saturated carbocycles. The molecule has 0 aliphatic carbocycles. The Labute approximate surface area is 96.1 Å². The number of aliphatic hydroxyl groups is 1. The maximum absolute atomic E-state index is 12.9. The summed E-state index contributed by atoms with van der Waals surface area (Å²) in [6.07, 6.45) is 3.11. The molecule has 2 aromatic rings. The first-order valence-corrected chi connectivity index (χ1v) is 5.05. The van der Waals surface area contributed by atoms with Gasteiger partial charge in [-0.25, -0.2) is 18.3 Å². The number of aromatic nitrogens is 3. The van der Waals surface area contributed by atoms with Crippen LogP contribution in [0.1, 0.15) is 5.69 Å². The summed E-state index contributed by atoms with van der Waals surface area (Å²) in [5.41, 5.74) is 1.40. The van der Waals surface area contributed by atoms with Crippen molar-refractivity contribution in [2.45, 2.75) is 12.8 Å². The second kappa shape index (κ2) is 4.25. The molecule has 0 aliphatic rings. The molecule has 0 saturated heterocycles. The standard InChI is InChI=1S/C10H12F2N4O/c1-7-4-8-9(13-2-3-16(8)15-7)14-5-10(11,12)6-17/h2-4,17H,5-6H2,1H3,(H,13,14). The van der Waals surface area contributed by atoms with Crippen LogP contribution in [0, 0.1) is 6.92 Å². The fourth-order valence-electron chi connectivity index (χ4n) is 1.45. The number of rotatable bonds is 4. The SMILES string of the molecule is Cc1cc2c(NCC(F)(F)CO)nccn2n1. The molecule has 2 rings (SSSR count). The Bertz CT molecular complexity index is 526. The Morgan fingerprint density at radius 3 is 3.00 bits per heavy atom. The summed E-state index contributed by atoms with van der Waals surface area (Å²) in [6.45, 7) is -0.0546. The number of nitrogens with one attached hydrogen (secondary N) is 1. The van der Waals surface area contributed by atoms with Crippen molar-refractivity contribution in [2.75, 3.05) is 18.5 Å². The van der Waals surface area contributed by atoms with Gasteiger partial charge in [0.05, 0.1) is 12.2 Å². The van der Waals surface area contributed by atoms with Crippen LogP contribution in [0.25, 0.3) is 5.52 Å². The normalized spacial score (nSPS) is 12.0. The molecular formula is C10H12F2N4O. The van der Waals surface area contributed by atoms with Gasteiger partial charge < -0.3 is 10.4 Å². The van der Waals surface area contributed by atoms with Crippen molar-refractivity contribution >= 4 is 11.3 Å². The lowest BCUT2D eigenvalue weighted by atomic mass is 10.3. The lowest BCUT2D eigenvalue weighted by molar-refractivity contribution is -0.0373. The predicted octanol–water partition coefficient (Wildman–Crippen LogP) is 1.08. The van der Waals surface area contributed by atoms with Crippen molar-refractivity contribution in [1.29, 1.82) is 0 Å². The lowest BCUT2D eigenvalue weighted by Gasteiger charge is -2.14. The monoisotopic (exact) mass is 242 g/mol. The number of nitrogens with zero attached hydrogens (tertiary/aromatic N) is 3. The second-order valence-corrected chi connectivity index (χ2v) is 3.76. The molecule has 2 N–H and O–H groups in total. The molecule has 0 atom stereocenters. The molecule has 0 radical (unpaired) electrons. The third kappa shape index (κ3) is 2.50. The molecule has 92 valence electrons. The van der Waals surface area contributed by atoms with Gasteiger partial charge in [-0.15, -0.1) is 0 Å². The van der Waals surface area contributed by atoms with Crippen LogP contribution in [0.4, 0.5) is 14.6 Å². The van der Waals surface area contributed by atoms with E-state index in [0.29, 0.717) is 11.3 Å². The highest BCUT2D eigenvalue weighted by Gasteiger charge is 2.27. The fourth-order valence-corrected chi connectivity index (χ4v) is 1.45. The number of anilines is 1. The highest BCUT2D eigenvalue weighted by atomic mass is 19.3. The van der Waals surface area contributed by atoms with E-state index in [9.17, 15) is 8.78 Å². The van der Waals surface area contributed by atoms with Gasteiger partial charge in [0, 0.05) is 12.4 Å². The van der Waals surface area contributed by atoms with Gasteiger partial charge in [-0.05, 0) is 13.0 Å². The van der Waals surface area contributed by atoms with Crippen molar-refractivity contribution in [3.05, 3.63) is 24.2 Å². The highest BCUT2D eigenvalue weighted by molar-refractivity contribution is 5.67. The van der Waals surface area contributed by atoms with E-state index >= 15 is 0 Å². The van der Waals surface area contributed by atoms with E-state index in [-0.39, 0.29) is 0 Å². The number of aliphatic hydroxyl groups excluding tert-OH is 1. The summed E-state index contributed by atoms with van der Waals surface area (Å²) < 4.78 is 27.3. The molecule has 0 aliphatic heterocycles. The van der Waals surface area contributed by atoms with Gasteiger partial charge in [-0.2, -0.15) is 5.10 Å². The Balaban J connectivity index is 2.24. The maximum Gasteiger partial charge on any atom is 0.287 e. The van der Waals surface area contributed by atoms with Gasteiger partial charge in [0.2, 0.25) is 0 Å². The average Bonchev–Trinajstić information content (AvgIpc) is 2.67. The number of aryl methyl sites for hydroxylation is 1. The number of hydrogen-bond donors (Lipinski definition) is 2. The van der Waals surface area contributed by atoms with Gasteiger partial charge in [0.15, 0.2) is 5.82 Å². The van der Waals surface area contributed by atoms with E-state index in [1.165, 1.54) is 6.20 Å². The smallest absolute Gasteiger partial charge is 0.287 e. The van der Waals surface area contributed by atoms with E-state index in [4.69, 9.17) is 5.11 Å². The Hall–Kier alpha value is -1.76. The molecule has 2 aromatic heterocycles. The minimum absolute atomic E-state index is 0.321. The average molecular weight is 242 g/mol. The van der Waals surface area contributed by atoms with Crippen LogP contribution in [0.5, 0.6) is 0 Å². The van der Waals surface area contributed by atoms with E-state index < -0.39 is 19.1 Å². The number of halogens is 2. The molecule has 2 heterocycles. The molecule has 7 heteroatoms. The number of alkyl halides is 2. The summed E-state index contributed by atoms with van der Waals surface area (Å²) in [4.78, 5) is 3.97. The van der Waals surface area contributed by atoms with Crippen molar-refractivity contribution in [2.24, 2.45) is 0 Å². The van der Waals surface area contributed by atoms with E-state index in [1.807, 2.05) is 0 Å². The summed E-state index contributed by atoms with van der Waals surface area (Å²) in [7, 11) is 0. The van der Waals surface area contributed by atoms with Crippen LogP contribution in [-0.2, 0) is 0 Å². The van der Waals surface area contributed by atoms with Gasteiger partial charge in [-0.3, -0.25) is 0 Å². The van der Waals surface area contributed by atoms with Crippen molar-refractivity contribution in [3.63, 3.8) is 0 Å². The number of hydrogen-bond acceptors (Lipinski definition) is 4. The van der Waals surface area contributed by atoms with Crippen LogP contribution in [0.3, 0.4) is 0 Å². The van der Waals surface area contributed by atoms with Crippen molar-refractivity contribution in [1.82, 2.24) is 14.6 Å². The Morgan fingerprint density at radius 2 is 2.29 bits per heavy atom. The lowest BCUT2D eigenvalue weighted by Crippen LogP contribution is -2.31. The van der Waals surface area contributed by atoms with Crippen LogP contribution in [0.15, 0.2) is 18.5 Å². The molecule has 0 fully saturated rings. The van der Waals surface area contributed by atoms with Crippen LogP contribution >= 0.6 is 0 Å². The zero-order chi connectivity index (χ0) is 12.5. The molecule has 5 nitrogen and oxygen atoms in total. The Kier molecular flexibility index (Phi) is 2.93. The molecule has 0 aromatic carbocycles. The van der Waals surface area contributed by atoms with Gasteiger partial charge >= 0.3 is 0 Å². The Morgan fingerprint density at radius 1 is 1.53 bits per heavy atom. The van der Waals surface area contributed by atoms with E-state index in [0.717, 1.165) is 5.69 Å². The minimum Gasteiger partial charge on any atom is -0.390 e. The van der Waals surface area contributed by atoms with Crippen LogP contribution < -0.4 is 5.32 Å². The third-order valence-corrected chi connectivity index (χ3v) is 2.26. The van der Waals surface area contributed by atoms with Gasteiger partial charge in [0.25, 0.3) is 5.92 Å². The molecule has 0 bridgehead atoms. The summed E-state index contributed by atoms with van der Waals surface area (Å²) >= 11 is 0. The first-order chi connectivity index (χ1) is 8.02. The minimum atomic E-state index is -3.16. The molecule has 0 spiro atoms. The van der Waals surface area contributed by atoms with Crippen LogP contribution in [-0.4, -0.2) is 38.8 Å². The largest absolute Gasteiger partial charge is 0.390 e. The van der Waals surface area contributed by atoms with Crippen molar-refractivity contribution in [3.8, 4) is 0 Å². The van der Waals surface area contributed by atoms with E-state index in [1.54, 1.807) is 23.7 Å². The zero-order valence-electron chi connectivity index (χ0n) is 9.19. The van der Waals surface area contributed by atoms with E-state index in [2.05, 4.69) is 15.4 Å². The molecule has 0 unspecified atom stereocenters. The molecule has 0 amide bonds. The topological polar surface area (TPSA) is 62.5 Å². The summed E-state index contributed by atoms with van der Waals surface area (Å²) in [6, 6.07) is 1.74. The van der Waals surface area contributed by atoms with Crippen LogP contribution in [0.2, 0.25) is 0 Å². The zero-order valence-corrected chi connectivity index (χ0v) is 9.19. The fraction of sp³-hybridized carbons (Fsp3) is 0.400. The number of fused-ring (bicyclic) bond motifs is 1.